The lowest BCUT2D eigenvalue weighted by atomic mass is 9.99. The summed E-state index contributed by atoms with van der Waals surface area (Å²) >= 11 is 0. The van der Waals surface area contributed by atoms with Crippen molar-refractivity contribution < 1.29 is 18.5 Å². The van der Waals surface area contributed by atoms with Crippen molar-refractivity contribution in [3.05, 3.63) is 42.7 Å². The normalized spacial score (nSPS) is 15.1. The van der Waals surface area contributed by atoms with Gasteiger partial charge in [-0.25, -0.2) is 0 Å². The van der Waals surface area contributed by atoms with Crippen molar-refractivity contribution in [2.45, 2.75) is 19.8 Å². The molecule has 4 rings (SSSR count). The molecule has 7 nitrogen and oxygen atoms in total. The third-order valence-electron chi connectivity index (χ3n) is 4.77. The summed E-state index contributed by atoms with van der Waals surface area (Å²) < 4.78 is 16.3. The molecule has 1 aliphatic rings. The van der Waals surface area contributed by atoms with Crippen molar-refractivity contribution in [2.24, 2.45) is 5.92 Å². The fraction of sp³-hybridized carbons (Fsp3) is 0.350. The van der Waals surface area contributed by atoms with Crippen molar-refractivity contribution >= 4 is 5.91 Å². The van der Waals surface area contributed by atoms with Gasteiger partial charge in [0.15, 0.2) is 12.4 Å². The Balaban J connectivity index is 1.46. The van der Waals surface area contributed by atoms with Crippen LogP contribution in [0.3, 0.4) is 0 Å². The lowest BCUT2D eigenvalue weighted by molar-refractivity contribution is -0.134. The van der Waals surface area contributed by atoms with Gasteiger partial charge in [-0.2, -0.15) is 4.98 Å². The first-order valence-electron chi connectivity index (χ1n) is 9.08. The summed E-state index contributed by atoms with van der Waals surface area (Å²) in [5.74, 6) is 2.41. The monoisotopic (exact) mass is 367 g/mol. The molecule has 7 heteroatoms. The van der Waals surface area contributed by atoms with Crippen molar-refractivity contribution in [1.29, 1.82) is 0 Å². The second-order valence-electron chi connectivity index (χ2n) is 6.75. The first-order chi connectivity index (χ1) is 13.2. The second-order valence-corrected chi connectivity index (χ2v) is 6.75. The Morgan fingerprint density at radius 2 is 2.04 bits per heavy atom. The number of amides is 1. The van der Waals surface area contributed by atoms with E-state index in [1.54, 1.807) is 24.5 Å². The van der Waals surface area contributed by atoms with Crippen molar-refractivity contribution in [1.82, 2.24) is 15.0 Å². The predicted octanol–water partition coefficient (Wildman–Crippen LogP) is 3.63. The van der Waals surface area contributed by atoms with Gasteiger partial charge in [0.05, 0.1) is 11.8 Å². The van der Waals surface area contributed by atoms with Crippen LogP contribution in [-0.2, 0) is 4.79 Å². The van der Waals surface area contributed by atoms with Gasteiger partial charge in [-0.3, -0.25) is 4.79 Å². The Labute approximate surface area is 156 Å². The van der Waals surface area contributed by atoms with Crippen LogP contribution in [0.25, 0.3) is 23.0 Å². The molecule has 1 amide bonds. The average molecular weight is 367 g/mol. The van der Waals surface area contributed by atoms with Crippen molar-refractivity contribution in [2.75, 3.05) is 19.7 Å². The van der Waals surface area contributed by atoms with Gasteiger partial charge < -0.3 is 18.6 Å². The fourth-order valence-electron chi connectivity index (χ4n) is 3.10. The summed E-state index contributed by atoms with van der Waals surface area (Å²) in [6.07, 6.45) is 3.63. The third kappa shape index (κ3) is 3.86. The van der Waals surface area contributed by atoms with Crippen LogP contribution in [0, 0.1) is 5.92 Å². The quantitative estimate of drug-likeness (QED) is 0.685. The molecule has 1 aliphatic heterocycles. The van der Waals surface area contributed by atoms with E-state index in [9.17, 15) is 4.79 Å². The molecule has 0 aliphatic carbocycles. The van der Waals surface area contributed by atoms with Crippen LogP contribution in [0.2, 0.25) is 0 Å². The standard InChI is InChI=1S/C20H21N3O4/c1-14-8-10-23(11-9-14)18(24)13-26-16-6-3-2-5-15(16)19-21-20(27-22-19)17-7-4-12-25-17/h2-7,12,14H,8-11,13H2,1H3. The van der Waals surface area contributed by atoms with Crippen LogP contribution in [-0.4, -0.2) is 40.6 Å². The Morgan fingerprint density at radius 3 is 2.81 bits per heavy atom. The molecule has 3 heterocycles. The van der Waals surface area contributed by atoms with Crippen LogP contribution < -0.4 is 4.74 Å². The summed E-state index contributed by atoms with van der Waals surface area (Å²) in [5.41, 5.74) is 0.666. The van der Waals surface area contributed by atoms with Crippen molar-refractivity contribution in [3.8, 4) is 28.8 Å². The maximum absolute atomic E-state index is 12.4. The minimum Gasteiger partial charge on any atom is -0.483 e. The van der Waals surface area contributed by atoms with Crippen LogP contribution in [0.4, 0.5) is 0 Å². The molecule has 140 valence electrons. The van der Waals surface area contributed by atoms with E-state index >= 15 is 0 Å². The number of carbonyl (C=O) groups is 1. The number of likely N-dealkylation sites (tertiary alicyclic amines) is 1. The van der Waals surface area contributed by atoms with Gasteiger partial charge in [0.2, 0.25) is 5.82 Å². The highest BCUT2D eigenvalue weighted by Gasteiger charge is 2.21. The summed E-state index contributed by atoms with van der Waals surface area (Å²) in [4.78, 5) is 18.7. The Morgan fingerprint density at radius 1 is 1.22 bits per heavy atom. The highest BCUT2D eigenvalue weighted by Crippen LogP contribution is 2.29. The average Bonchev–Trinajstić information content (AvgIpc) is 3.38. The molecule has 1 saturated heterocycles. The summed E-state index contributed by atoms with van der Waals surface area (Å²) in [7, 11) is 0. The highest BCUT2D eigenvalue weighted by atomic mass is 16.5. The van der Waals surface area contributed by atoms with E-state index in [1.807, 2.05) is 23.1 Å². The number of benzene rings is 1. The number of para-hydroxylation sites is 1. The smallest absolute Gasteiger partial charge is 0.293 e. The molecule has 0 spiro atoms. The van der Waals surface area contributed by atoms with E-state index < -0.39 is 0 Å². The number of piperidine rings is 1. The fourth-order valence-corrected chi connectivity index (χ4v) is 3.10. The van der Waals surface area contributed by atoms with E-state index in [0.717, 1.165) is 25.9 Å². The van der Waals surface area contributed by atoms with E-state index in [1.165, 1.54) is 0 Å². The number of aromatic nitrogens is 2. The molecule has 0 atom stereocenters. The number of ether oxygens (including phenoxy) is 1. The molecule has 0 bridgehead atoms. The van der Waals surface area contributed by atoms with Crippen LogP contribution in [0.15, 0.2) is 51.6 Å². The Bertz CT molecular complexity index is 896. The maximum atomic E-state index is 12.4. The Hall–Kier alpha value is -3.09. The zero-order chi connectivity index (χ0) is 18.6. The number of carbonyl (C=O) groups excluding carboxylic acids is 1. The molecule has 27 heavy (non-hydrogen) atoms. The summed E-state index contributed by atoms with van der Waals surface area (Å²) in [5, 5.41) is 4.01. The van der Waals surface area contributed by atoms with Gasteiger partial charge in [-0.05, 0) is 43.0 Å². The maximum Gasteiger partial charge on any atom is 0.293 e. The molecule has 0 unspecified atom stereocenters. The van der Waals surface area contributed by atoms with Gasteiger partial charge in [0.1, 0.15) is 5.75 Å². The predicted molar refractivity (Wildman–Crippen MR) is 97.9 cm³/mol. The number of furan rings is 1. The number of nitrogens with zero attached hydrogens (tertiary/aromatic N) is 3. The van der Waals surface area contributed by atoms with Crippen molar-refractivity contribution in [3.63, 3.8) is 0 Å². The lowest BCUT2D eigenvalue weighted by Crippen LogP contribution is -2.40. The second kappa shape index (κ2) is 7.65. The molecule has 0 N–H and O–H groups in total. The number of hydrogen-bond donors (Lipinski definition) is 0. The van der Waals surface area contributed by atoms with Gasteiger partial charge in [0.25, 0.3) is 11.8 Å². The first-order valence-corrected chi connectivity index (χ1v) is 9.08. The highest BCUT2D eigenvalue weighted by molar-refractivity contribution is 5.78. The number of rotatable bonds is 5. The van der Waals surface area contributed by atoms with Crippen LogP contribution in [0.1, 0.15) is 19.8 Å². The summed E-state index contributed by atoms with van der Waals surface area (Å²) in [6, 6.07) is 10.8. The molecule has 3 aromatic rings. The zero-order valence-electron chi connectivity index (χ0n) is 15.1. The molecular weight excluding hydrogens is 346 g/mol. The molecule has 1 fully saturated rings. The molecule has 2 aromatic heterocycles. The lowest BCUT2D eigenvalue weighted by Gasteiger charge is -2.30. The molecule has 0 radical (unpaired) electrons. The van der Waals surface area contributed by atoms with Crippen LogP contribution in [0.5, 0.6) is 5.75 Å². The molecule has 1 aromatic carbocycles. The summed E-state index contributed by atoms with van der Waals surface area (Å²) in [6.45, 7) is 3.80. The van der Waals surface area contributed by atoms with E-state index in [4.69, 9.17) is 13.7 Å². The third-order valence-corrected chi connectivity index (χ3v) is 4.77. The SMILES string of the molecule is CC1CCN(C(=O)COc2ccccc2-c2noc(-c3ccco3)n2)CC1. The minimum absolute atomic E-state index is 0.00101. The van der Waals surface area contributed by atoms with E-state index in [2.05, 4.69) is 17.1 Å². The number of hydrogen-bond acceptors (Lipinski definition) is 6. The molecular formula is C20H21N3O4. The van der Waals surface area contributed by atoms with E-state index in [0.29, 0.717) is 34.7 Å². The Kier molecular flexibility index (Phi) is 4.91. The topological polar surface area (TPSA) is 81.6 Å². The van der Waals surface area contributed by atoms with Gasteiger partial charge in [-0.1, -0.05) is 24.2 Å². The van der Waals surface area contributed by atoms with Crippen LogP contribution >= 0.6 is 0 Å². The molecule has 0 saturated carbocycles. The minimum atomic E-state index is -0.00567. The largest absolute Gasteiger partial charge is 0.483 e. The van der Waals surface area contributed by atoms with Gasteiger partial charge in [-0.15, -0.1) is 0 Å². The van der Waals surface area contributed by atoms with E-state index in [-0.39, 0.29) is 12.5 Å². The first kappa shape index (κ1) is 17.3. The van der Waals surface area contributed by atoms with Gasteiger partial charge >= 0.3 is 0 Å². The van der Waals surface area contributed by atoms with Gasteiger partial charge in [0, 0.05) is 13.1 Å². The zero-order valence-corrected chi connectivity index (χ0v) is 15.1.